The molecule has 2 aromatic rings. The van der Waals surface area contributed by atoms with Crippen LogP contribution in [-0.2, 0) is 21.2 Å². The summed E-state index contributed by atoms with van der Waals surface area (Å²) in [5.74, 6) is -0.901. The molecule has 0 aliphatic heterocycles. The zero-order chi connectivity index (χ0) is 17.0. The summed E-state index contributed by atoms with van der Waals surface area (Å²) in [6.45, 7) is 0. The van der Waals surface area contributed by atoms with Gasteiger partial charge in [0, 0.05) is 10.2 Å². The van der Waals surface area contributed by atoms with E-state index in [9.17, 15) is 17.6 Å². The molecule has 0 unspecified atom stereocenters. The van der Waals surface area contributed by atoms with Crippen molar-refractivity contribution in [2.24, 2.45) is 0 Å². The maximum Gasteiger partial charge on any atom is 0.241 e. The van der Waals surface area contributed by atoms with Crippen molar-refractivity contribution in [3.05, 3.63) is 58.3 Å². The van der Waals surface area contributed by atoms with Gasteiger partial charge in [-0.1, -0.05) is 18.2 Å². The van der Waals surface area contributed by atoms with E-state index in [1.165, 1.54) is 31.3 Å². The number of nitrogens with one attached hydrogen (secondary N) is 2. The summed E-state index contributed by atoms with van der Waals surface area (Å²) in [4.78, 5) is 12.0. The molecule has 0 spiro atoms. The van der Waals surface area contributed by atoms with Gasteiger partial charge in [0.2, 0.25) is 15.9 Å². The Balaban J connectivity index is 2.19. The Hall–Kier alpha value is -1.77. The predicted octanol–water partition coefficient (Wildman–Crippen LogP) is 2.68. The van der Waals surface area contributed by atoms with Gasteiger partial charge in [-0.15, -0.1) is 0 Å². The SMILES string of the molecule is CNS(=O)(=O)c1cc(NC(=O)Cc2ccccc2F)ccc1Br. The molecule has 2 N–H and O–H groups in total. The van der Waals surface area contributed by atoms with E-state index >= 15 is 0 Å². The molecule has 0 aliphatic rings. The Labute approximate surface area is 142 Å². The summed E-state index contributed by atoms with van der Waals surface area (Å²) in [5, 5.41) is 2.56. The lowest BCUT2D eigenvalue weighted by molar-refractivity contribution is -0.115. The van der Waals surface area contributed by atoms with Gasteiger partial charge in [0.15, 0.2) is 0 Å². The Bertz CT molecular complexity index is 840. The van der Waals surface area contributed by atoms with Crippen molar-refractivity contribution in [1.82, 2.24) is 4.72 Å². The molecule has 0 bridgehead atoms. The van der Waals surface area contributed by atoms with Crippen LogP contribution in [0.5, 0.6) is 0 Å². The van der Waals surface area contributed by atoms with E-state index in [4.69, 9.17) is 0 Å². The third-order valence-corrected chi connectivity index (χ3v) is 5.49. The normalized spacial score (nSPS) is 11.3. The molecular weight excluding hydrogens is 387 g/mol. The fraction of sp³-hybridized carbons (Fsp3) is 0.133. The van der Waals surface area contributed by atoms with E-state index in [0.717, 1.165) is 0 Å². The number of carbonyl (C=O) groups is 1. The second-order valence-electron chi connectivity index (χ2n) is 4.67. The molecule has 0 radical (unpaired) electrons. The second kappa shape index (κ2) is 7.20. The summed E-state index contributed by atoms with van der Waals surface area (Å²) >= 11 is 3.16. The highest BCUT2D eigenvalue weighted by molar-refractivity contribution is 9.10. The van der Waals surface area contributed by atoms with Crippen molar-refractivity contribution in [2.75, 3.05) is 12.4 Å². The summed E-state index contributed by atoms with van der Waals surface area (Å²) in [5.41, 5.74) is 0.577. The fourth-order valence-electron chi connectivity index (χ4n) is 1.92. The van der Waals surface area contributed by atoms with Gasteiger partial charge in [-0.05, 0) is 52.8 Å². The summed E-state index contributed by atoms with van der Waals surface area (Å²) < 4.78 is 39.9. The molecule has 0 saturated heterocycles. The number of hydrogen-bond acceptors (Lipinski definition) is 3. The van der Waals surface area contributed by atoms with Gasteiger partial charge < -0.3 is 5.32 Å². The van der Waals surface area contributed by atoms with E-state index in [1.807, 2.05) is 0 Å². The number of amides is 1. The van der Waals surface area contributed by atoms with E-state index in [-0.39, 0.29) is 16.9 Å². The number of carbonyl (C=O) groups excluding carboxylic acids is 1. The molecule has 122 valence electrons. The van der Waals surface area contributed by atoms with Gasteiger partial charge in [0.1, 0.15) is 5.82 Å². The van der Waals surface area contributed by atoms with E-state index < -0.39 is 21.7 Å². The molecule has 5 nitrogen and oxygen atoms in total. The first-order valence-electron chi connectivity index (χ1n) is 6.60. The van der Waals surface area contributed by atoms with E-state index in [1.54, 1.807) is 18.2 Å². The number of rotatable bonds is 5. The Morgan fingerprint density at radius 2 is 1.91 bits per heavy atom. The smallest absolute Gasteiger partial charge is 0.241 e. The van der Waals surface area contributed by atoms with Crippen LogP contribution in [0.3, 0.4) is 0 Å². The van der Waals surface area contributed by atoms with Crippen LogP contribution in [0.15, 0.2) is 51.8 Å². The van der Waals surface area contributed by atoms with Crippen LogP contribution in [0.2, 0.25) is 0 Å². The molecular formula is C15H14BrFN2O3S. The molecule has 2 rings (SSSR count). The lowest BCUT2D eigenvalue weighted by atomic mass is 10.1. The van der Waals surface area contributed by atoms with Gasteiger partial charge in [-0.3, -0.25) is 4.79 Å². The van der Waals surface area contributed by atoms with Crippen LogP contribution in [0.4, 0.5) is 10.1 Å². The second-order valence-corrected chi connectivity index (χ2v) is 7.38. The Morgan fingerprint density at radius 1 is 1.22 bits per heavy atom. The molecule has 2 aromatic carbocycles. The quantitative estimate of drug-likeness (QED) is 0.809. The van der Waals surface area contributed by atoms with Crippen LogP contribution in [0.25, 0.3) is 0 Å². The van der Waals surface area contributed by atoms with Crippen molar-refractivity contribution in [1.29, 1.82) is 0 Å². The van der Waals surface area contributed by atoms with Crippen LogP contribution < -0.4 is 10.0 Å². The number of anilines is 1. The van der Waals surface area contributed by atoms with Gasteiger partial charge in [0.25, 0.3) is 0 Å². The summed E-state index contributed by atoms with van der Waals surface area (Å²) in [7, 11) is -2.36. The van der Waals surface area contributed by atoms with Crippen molar-refractivity contribution >= 4 is 37.5 Å². The Kier molecular flexibility index (Phi) is 5.51. The maximum atomic E-state index is 13.5. The minimum Gasteiger partial charge on any atom is -0.326 e. The molecule has 23 heavy (non-hydrogen) atoms. The first-order chi connectivity index (χ1) is 10.8. The van der Waals surface area contributed by atoms with Crippen LogP contribution >= 0.6 is 15.9 Å². The number of halogens is 2. The highest BCUT2D eigenvalue weighted by Gasteiger charge is 2.17. The molecule has 0 atom stereocenters. The molecule has 0 heterocycles. The molecule has 1 amide bonds. The van der Waals surface area contributed by atoms with Crippen LogP contribution in [0, 0.1) is 5.82 Å². The average molecular weight is 401 g/mol. The van der Waals surface area contributed by atoms with E-state index in [2.05, 4.69) is 26.0 Å². The number of benzene rings is 2. The molecule has 8 heteroatoms. The minimum atomic E-state index is -3.66. The average Bonchev–Trinajstić information content (AvgIpc) is 2.51. The first kappa shape index (κ1) is 17.6. The largest absolute Gasteiger partial charge is 0.326 e. The molecule has 0 fully saturated rings. The van der Waals surface area contributed by atoms with Crippen molar-refractivity contribution < 1.29 is 17.6 Å². The standard InChI is InChI=1S/C15H14BrFN2O3S/c1-18-23(21,22)14-9-11(6-7-12(14)16)19-15(20)8-10-4-2-3-5-13(10)17/h2-7,9,18H,8H2,1H3,(H,19,20). The number of hydrogen-bond donors (Lipinski definition) is 2. The zero-order valence-electron chi connectivity index (χ0n) is 12.1. The minimum absolute atomic E-state index is 0.00342. The molecule has 0 aromatic heterocycles. The highest BCUT2D eigenvalue weighted by Crippen LogP contribution is 2.25. The third-order valence-electron chi connectivity index (χ3n) is 3.08. The number of sulfonamides is 1. The summed E-state index contributed by atoms with van der Waals surface area (Å²) in [6, 6.07) is 10.4. The monoisotopic (exact) mass is 400 g/mol. The highest BCUT2D eigenvalue weighted by atomic mass is 79.9. The van der Waals surface area contributed by atoms with Gasteiger partial charge in [-0.25, -0.2) is 17.5 Å². The van der Waals surface area contributed by atoms with Gasteiger partial charge in [0.05, 0.1) is 11.3 Å². The van der Waals surface area contributed by atoms with Crippen LogP contribution in [-0.4, -0.2) is 21.4 Å². The van der Waals surface area contributed by atoms with Crippen molar-refractivity contribution in [3.8, 4) is 0 Å². The lowest BCUT2D eigenvalue weighted by Gasteiger charge is -2.10. The predicted molar refractivity (Wildman–Crippen MR) is 89.1 cm³/mol. The summed E-state index contributed by atoms with van der Waals surface area (Å²) in [6.07, 6.45) is -0.142. The van der Waals surface area contributed by atoms with E-state index in [0.29, 0.717) is 10.2 Å². The maximum absolute atomic E-state index is 13.5. The van der Waals surface area contributed by atoms with Gasteiger partial charge in [-0.2, -0.15) is 0 Å². The van der Waals surface area contributed by atoms with Crippen molar-refractivity contribution in [2.45, 2.75) is 11.3 Å². The van der Waals surface area contributed by atoms with Gasteiger partial charge >= 0.3 is 0 Å². The zero-order valence-corrected chi connectivity index (χ0v) is 14.5. The lowest BCUT2D eigenvalue weighted by Crippen LogP contribution is -2.20. The molecule has 0 aliphatic carbocycles. The molecule has 0 saturated carbocycles. The van der Waals surface area contributed by atoms with Crippen molar-refractivity contribution in [3.63, 3.8) is 0 Å². The van der Waals surface area contributed by atoms with Crippen LogP contribution in [0.1, 0.15) is 5.56 Å². The Morgan fingerprint density at radius 3 is 2.57 bits per heavy atom. The third kappa shape index (κ3) is 4.37. The topological polar surface area (TPSA) is 75.3 Å². The first-order valence-corrected chi connectivity index (χ1v) is 8.87. The fourth-order valence-corrected chi connectivity index (χ4v) is 3.63.